The van der Waals surface area contributed by atoms with Crippen LogP contribution in [-0.4, -0.2) is 34.6 Å². The maximum Gasteiger partial charge on any atom is 0.258 e. The molecule has 6 nitrogen and oxygen atoms in total. The van der Waals surface area contributed by atoms with E-state index in [4.69, 9.17) is 20.9 Å². The fraction of sp³-hybridized carbons (Fsp3) is 0.286. The Kier molecular flexibility index (Phi) is 5.05. The monoisotopic (exact) mass is 397 g/mol. The lowest BCUT2D eigenvalue weighted by molar-refractivity contribution is 0.0706. The maximum atomic E-state index is 13.2. The SMILES string of the molecule is COc1ccc(Cl)cc1C(=O)N1CCCC1c1nc(-c2ccc(C)cc2)no1. The zero-order valence-corrected chi connectivity index (χ0v) is 16.4. The van der Waals surface area contributed by atoms with E-state index in [1.807, 2.05) is 31.2 Å². The Hall–Kier alpha value is -2.86. The summed E-state index contributed by atoms with van der Waals surface area (Å²) in [5, 5.41) is 4.59. The van der Waals surface area contributed by atoms with Crippen molar-refractivity contribution in [3.05, 3.63) is 64.5 Å². The number of aromatic nitrogens is 2. The van der Waals surface area contributed by atoms with Gasteiger partial charge in [0.1, 0.15) is 11.8 Å². The Morgan fingerprint density at radius 2 is 2.04 bits per heavy atom. The number of benzene rings is 2. The first-order chi connectivity index (χ1) is 13.6. The summed E-state index contributed by atoms with van der Waals surface area (Å²) in [5.74, 6) is 1.31. The highest BCUT2D eigenvalue weighted by molar-refractivity contribution is 6.31. The summed E-state index contributed by atoms with van der Waals surface area (Å²) in [6, 6.07) is 12.7. The Balaban J connectivity index is 1.61. The summed E-state index contributed by atoms with van der Waals surface area (Å²) in [4.78, 5) is 19.5. The number of carbonyl (C=O) groups is 1. The minimum absolute atomic E-state index is 0.156. The van der Waals surface area contributed by atoms with Crippen LogP contribution in [0.3, 0.4) is 0 Å². The van der Waals surface area contributed by atoms with Crippen molar-refractivity contribution in [3.8, 4) is 17.1 Å². The molecule has 0 N–H and O–H groups in total. The van der Waals surface area contributed by atoms with E-state index in [2.05, 4.69) is 10.1 Å². The molecule has 0 bridgehead atoms. The lowest BCUT2D eigenvalue weighted by Gasteiger charge is -2.23. The standard InChI is InChI=1S/C21H20ClN3O3/c1-13-5-7-14(8-6-13)19-23-20(28-24-19)17-4-3-11-25(17)21(26)16-12-15(22)9-10-18(16)27-2/h5-10,12,17H,3-4,11H2,1-2H3. The molecule has 0 saturated carbocycles. The summed E-state index contributed by atoms with van der Waals surface area (Å²) >= 11 is 6.09. The highest BCUT2D eigenvalue weighted by Gasteiger charge is 2.35. The van der Waals surface area contributed by atoms with Crippen molar-refractivity contribution in [1.82, 2.24) is 15.0 Å². The third-order valence-electron chi connectivity index (χ3n) is 4.94. The van der Waals surface area contributed by atoms with E-state index in [0.717, 1.165) is 24.0 Å². The van der Waals surface area contributed by atoms with Crippen LogP contribution in [0.5, 0.6) is 5.75 Å². The summed E-state index contributed by atoms with van der Waals surface area (Å²) in [6.45, 7) is 2.64. The number of rotatable bonds is 4. The average molecular weight is 398 g/mol. The third-order valence-corrected chi connectivity index (χ3v) is 5.18. The first-order valence-corrected chi connectivity index (χ1v) is 9.50. The molecule has 1 unspecified atom stereocenters. The van der Waals surface area contributed by atoms with E-state index < -0.39 is 0 Å². The molecular weight excluding hydrogens is 378 g/mol. The van der Waals surface area contributed by atoms with E-state index in [-0.39, 0.29) is 11.9 Å². The van der Waals surface area contributed by atoms with Crippen molar-refractivity contribution >= 4 is 17.5 Å². The van der Waals surface area contributed by atoms with Gasteiger partial charge in [-0.1, -0.05) is 46.6 Å². The molecular formula is C21H20ClN3O3. The minimum Gasteiger partial charge on any atom is -0.496 e. The van der Waals surface area contributed by atoms with Gasteiger partial charge >= 0.3 is 0 Å². The average Bonchev–Trinajstić information content (AvgIpc) is 3.37. The molecule has 0 aliphatic carbocycles. The van der Waals surface area contributed by atoms with Crippen LogP contribution >= 0.6 is 11.6 Å². The molecule has 1 atom stereocenters. The number of nitrogens with zero attached hydrogens (tertiary/aromatic N) is 3. The summed E-state index contributed by atoms with van der Waals surface area (Å²) in [5.41, 5.74) is 2.48. The van der Waals surface area contributed by atoms with Crippen molar-refractivity contribution in [2.45, 2.75) is 25.8 Å². The molecule has 1 aliphatic heterocycles. The van der Waals surface area contributed by atoms with Crippen LogP contribution in [0.4, 0.5) is 0 Å². The Labute approximate surface area is 168 Å². The number of halogens is 1. The Morgan fingerprint density at radius 1 is 1.25 bits per heavy atom. The second-order valence-electron chi connectivity index (χ2n) is 6.82. The molecule has 2 aromatic carbocycles. The Bertz CT molecular complexity index is 1000. The largest absolute Gasteiger partial charge is 0.496 e. The van der Waals surface area contributed by atoms with Gasteiger partial charge in [-0.05, 0) is 38.0 Å². The van der Waals surface area contributed by atoms with Gasteiger partial charge in [-0.15, -0.1) is 0 Å². The zero-order valence-electron chi connectivity index (χ0n) is 15.7. The van der Waals surface area contributed by atoms with Crippen molar-refractivity contribution < 1.29 is 14.1 Å². The topological polar surface area (TPSA) is 68.5 Å². The van der Waals surface area contributed by atoms with Crippen molar-refractivity contribution in [1.29, 1.82) is 0 Å². The number of ether oxygens (including phenoxy) is 1. The zero-order chi connectivity index (χ0) is 19.7. The van der Waals surface area contributed by atoms with Gasteiger partial charge in [0.2, 0.25) is 11.7 Å². The second-order valence-corrected chi connectivity index (χ2v) is 7.26. The third kappa shape index (κ3) is 3.47. The van der Waals surface area contributed by atoms with E-state index in [9.17, 15) is 4.79 Å². The van der Waals surface area contributed by atoms with Gasteiger partial charge in [-0.2, -0.15) is 4.98 Å². The molecule has 4 rings (SSSR count). The van der Waals surface area contributed by atoms with Crippen LogP contribution < -0.4 is 4.74 Å². The van der Waals surface area contributed by atoms with E-state index in [1.54, 1.807) is 23.1 Å². The van der Waals surface area contributed by atoms with Crippen LogP contribution in [-0.2, 0) is 0 Å². The molecule has 28 heavy (non-hydrogen) atoms. The normalized spacial score (nSPS) is 16.4. The molecule has 0 radical (unpaired) electrons. The maximum absolute atomic E-state index is 13.2. The van der Waals surface area contributed by atoms with E-state index >= 15 is 0 Å². The van der Waals surface area contributed by atoms with Crippen molar-refractivity contribution in [2.24, 2.45) is 0 Å². The van der Waals surface area contributed by atoms with Crippen LogP contribution in [0, 0.1) is 6.92 Å². The van der Waals surface area contributed by atoms with Gasteiger partial charge in [0.15, 0.2) is 0 Å². The summed E-state index contributed by atoms with van der Waals surface area (Å²) in [7, 11) is 1.54. The molecule has 1 fully saturated rings. The van der Waals surface area contributed by atoms with Crippen LogP contribution in [0.25, 0.3) is 11.4 Å². The summed E-state index contributed by atoms with van der Waals surface area (Å²) in [6.07, 6.45) is 1.63. The molecule has 2 heterocycles. The first kappa shape index (κ1) is 18.5. The number of likely N-dealkylation sites (tertiary alicyclic amines) is 1. The van der Waals surface area contributed by atoms with Gasteiger partial charge in [0.25, 0.3) is 5.91 Å². The number of methoxy groups -OCH3 is 1. The predicted molar refractivity (Wildman–Crippen MR) is 105 cm³/mol. The van der Waals surface area contributed by atoms with Gasteiger partial charge in [0, 0.05) is 17.1 Å². The molecule has 7 heteroatoms. The van der Waals surface area contributed by atoms with Crippen LogP contribution in [0.2, 0.25) is 5.02 Å². The van der Waals surface area contributed by atoms with Gasteiger partial charge < -0.3 is 14.2 Å². The summed E-state index contributed by atoms with van der Waals surface area (Å²) < 4.78 is 10.9. The number of hydrogen-bond donors (Lipinski definition) is 0. The lowest BCUT2D eigenvalue weighted by Crippen LogP contribution is -2.31. The van der Waals surface area contributed by atoms with Gasteiger partial charge in [-0.25, -0.2) is 0 Å². The highest BCUT2D eigenvalue weighted by Crippen LogP contribution is 2.35. The predicted octanol–water partition coefficient (Wildman–Crippen LogP) is 4.68. The van der Waals surface area contributed by atoms with Gasteiger partial charge in [-0.3, -0.25) is 4.79 Å². The minimum atomic E-state index is -0.261. The number of aryl methyl sites for hydroxylation is 1. The van der Waals surface area contributed by atoms with Gasteiger partial charge in [0.05, 0.1) is 12.7 Å². The Morgan fingerprint density at radius 3 is 2.79 bits per heavy atom. The number of hydrogen-bond acceptors (Lipinski definition) is 5. The first-order valence-electron chi connectivity index (χ1n) is 9.12. The van der Waals surface area contributed by atoms with Crippen LogP contribution in [0.1, 0.15) is 40.7 Å². The van der Waals surface area contributed by atoms with Crippen LogP contribution in [0.15, 0.2) is 47.0 Å². The number of carbonyl (C=O) groups excluding carboxylic acids is 1. The molecule has 0 spiro atoms. The fourth-order valence-electron chi connectivity index (χ4n) is 3.46. The van der Waals surface area contributed by atoms with E-state index in [1.165, 1.54) is 7.11 Å². The molecule has 1 aromatic heterocycles. The molecule has 1 amide bonds. The second kappa shape index (κ2) is 7.64. The highest BCUT2D eigenvalue weighted by atomic mass is 35.5. The smallest absolute Gasteiger partial charge is 0.258 e. The quantitative estimate of drug-likeness (QED) is 0.639. The lowest BCUT2D eigenvalue weighted by atomic mass is 10.1. The van der Waals surface area contributed by atoms with E-state index in [0.29, 0.717) is 34.6 Å². The molecule has 1 aliphatic rings. The molecule has 1 saturated heterocycles. The molecule has 144 valence electrons. The number of amides is 1. The van der Waals surface area contributed by atoms with Crippen molar-refractivity contribution in [2.75, 3.05) is 13.7 Å². The molecule has 3 aromatic rings. The van der Waals surface area contributed by atoms with Crippen molar-refractivity contribution in [3.63, 3.8) is 0 Å². The fourth-order valence-corrected chi connectivity index (χ4v) is 3.63.